The lowest BCUT2D eigenvalue weighted by Gasteiger charge is -2.08. The van der Waals surface area contributed by atoms with E-state index in [2.05, 4.69) is 0 Å². The van der Waals surface area contributed by atoms with Crippen molar-refractivity contribution in [3.8, 4) is 11.1 Å². The summed E-state index contributed by atoms with van der Waals surface area (Å²) in [5.74, 6) is 0. The highest BCUT2D eigenvalue weighted by atomic mass is 35.5. The number of halogens is 2. The lowest BCUT2D eigenvalue weighted by atomic mass is 10.0. The van der Waals surface area contributed by atoms with Gasteiger partial charge in [0.05, 0.1) is 10.0 Å². The van der Waals surface area contributed by atoms with Crippen LogP contribution in [0.2, 0.25) is 10.0 Å². The van der Waals surface area contributed by atoms with Crippen LogP contribution in [0.25, 0.3) is 11.1 Å². The molecule has 0 saturated heterocycles. The molecule has 0 aliphatic rings. The van der Waals surface area contributed by atoms with Crippen LogP contribution < -0.4 is 0 Å². The minimum Gasteiger partial charge on any atom is -0.0836 e. The first-order valence-electron chi connectivity index (χ1n) is 4.69. The third-order valence-electron chi connectivity index (χ3n) is 2.25. The van der Waals surface area contributed by atoms with E-state index in [1.807, 2.05) is 49.4 Å². The Morgan fingerprint density at radius 1 is 0.867 bits per heavy atom. The monoisotopic (exact) mass is 236 g/mol. The van der Waals surface area contributed by atoms with Gasteiger partial charge in [0.2, 0.25) is 0 Å². The molecule has 0 unspecified atom stereocenters. The molecule has 0 N–H and O–H groups in total. The molecule has 15 heavy (non-hydrogen) atoms. The zero-order valence-electron chi connectivity index (χ0n) is 8.30. The summed E-state index contributed by atoms with van der Waals surface area (Å²) in [4.78, 5) is 0. The van der Waals surface area contributed by atoms with Crippen LogP contribution >= 0.6 is 23.2 Å². The number of hydrogen-bond acceptors (Lipinski definition) is 0. The highest BCUT2D eigenvalue weighted by molar-refractivity contribution is 6.39. The van der Waals surface area contributed by atoms with Gasteiger partial charge in [-0.05, 0) is 30.2 Å². The Morgan fingerprint density at radius 3 is 1.93 bits per heavy atom. The predicted molar refractivity (Wildman–Crippen MR) is 66.6 cm³/mol. The molecule has 0 bridgehead atoms. The van der Waals surface area contributed by atoms with Crippen LogP contribution in [-0.4, -0.2) is 0 Å². The zero-order valence-corrected chi connectivity index (χ0v) is 9.81. The SMILES string of the molecule is Cc1cc(Cl)c(-c2ccccc2)c(Cl)c1. The molecule has 0 nitrogen and oxygen atoms in total. The van der Waals surface area contributed by atoms with Gasteiger partial charge in [0, 0.05) is 5.56 Å². The molecule has 0 atom stereocenters. The summed E-state index contributed by atoms with van der Waals surface area (Å²) >= 11 is 12.4. The minimum absolute atomic E-state index is 0.700. The molecule has 0 aromatic heterocycles. The normalized spacial score (nSPS) is 10.3. The summed E-state index contributed by atoms with van der Waals surface area (Å²) < 4.78 is 0. The topological polar surface area (TPSA) is 0 Å². The van der Waals surface area contributed by atoms with E-state index in [0.717, 1.165) is 16.7 Å². The Kier molecular flexibility index (Phi) is 2.99. The van der Waals surface area contributed by atoms with Gasteiger partial charge < -0.3 is 0 Å². The maximum Gasteiger partial charge on any atom is 0.0502 e. The lowest BCUT2D eigenvalue weighted by Crippen LogP contribution is -1.83. The van der Waals surface area contributed by atoms with E-state index >= 15 is 0 Å². The smallest absolute Gasteiger partial charge is 0.0502 e. The highest BCUT2D eigenvalue weighted by Crippen LogP contribution is 2.35. The van der Waals surface area contributed by atoms with Gasteiger partial charge in [-0.3, -0.25) is 0 Å². The molecule has 2 aromatic carbocycles. The Morgan fingerprint density at radius 2 is 1.40 bits per heavy atom. The van der Waals surface area contributed by atoms with Crippen molar-refractivity contribution in [2.24, 2.45) is 0 Å². The maximum atomic E-state index is 6.18. The van der Waals surface area contributed by atoms with Crippen molar-refractivity contribution < 1.29 is 0 Å². The van der Waals surface area contributed by atoms with Gasteiger partial charge in [-0.1, -0.05) is 53.5 Å². The molecule has 76 valence electrons. The van der Waals surface area contributed by atoms with Gasteiger partial charge in [-0.15, -0.1) is 0 Å². The van der Waals surface area contributed by atoms with Crippen LogP contribution in [0.5, 0.6) is 0 Å². The third-order valence-corrected chi connectivity index (χ3v) is 2.85. The number of benzene rings is 2. The van der Waals surface area contributed by atoms with Gasteiger partial charge in [0.15, 0.2) is 0 Å². The van der Waals surface area contributed by atoms with Crippen LogP contribution in [0, 0.1) is 6.92 Å². The fourth-order valence-corrected chi connectivity index (χ4v) is 2.39. The number of rotatable bonds is 1. The van der Waals surface area contributed by atoms with E-state index < -0.39 is 0 Å². The zero-order chi connectivity index (χ0) is 10.8. The summed E-state index contributed by atoms with van der Waals surface area (Å²) in [7, 11) is 0. The summed E-state index contributed by atoms with van der Waals surface area (Å²) in [6.45, 7) is 1.98. The molecule has 0 radical (unpaired) electrons. The predicted octanol–water partition coefficient (Wildman–Crippen LogP) is 4.97. The average Bonchev–Trinajstić information content (AvgIpc) is 2.17. The Labute approximate surface area is 99.5 Å². The first-order chi connectivity index (χ1) is 7.18. The van der Waals surface area contributed by atoms with E-state index in [0.29, 0.717) is 10.0 Å². The maximum absolute atomic E-state index is 6.18. The van der Waals surface area contributed by atoms with Crippen LogP contribution in [0.1, 0.15) is 5.56 Å². The van der Waals surface area contributed by atoms with Gasteiger partial charge in [-0.2, -0.15) is 0 Å². The van der Waals surface area contributed by atoms with Crippen molar-refractivity contribution >= 4 is 23.2 Å². The number of hydrogen-bond donors (Lipinski definition) is 0. The molecule has 0 fully saturated rings. The van der Waals surface area contributed by atoms with Crippen LogP contribution in [0.15, 0.2) is 42.5 Å². The van der Waals surface area contributed by atoms with Crippen molar-refractivity contribution in [3.05, 3.63) is 58.1 Å². The summed E-state index contributed by atoms with van der Waals surface area (Å²) in [6, 6.07) is 13.8. The van der Waals surface area contributed by atoms with Gasteiger partial charge in [0.1, 0.15) is 0 Å². The molecule has 0 saturated carbocycles. The molecule has 2 aromatic rings. The molecular weight excluding hydrogens is 227 g/mol. The molecule has 0 aliphatic carbocycles. The second kappa shape index (κ2) is 4.26. The van der Waals surface area contributed by atoms with Crippen molar-refractivity contribution in [1.82, 2.24) is 0 Å². The summed E-state index contributed by atoms with van der Waals surface area (Å²) in [6.07, 6.45) is 0. The second-order valence-electron chi connectivity index (χ2n) is 3.47. The molecule has 0 heterocycles. The van der Waals surface area contributed by atoms with Crippen molar-refractivity contribution in [3.63, 3.8) is 0 Å². The minimum atomic E-state index is 0.700. The van der Waals surface area contributed by atoms with Gasteiger partial charge >= 0.3 is 0 Å². The van der Waals surface area contributed by atoms with E-state index in [4.69, 9.17) is 23.2 Å². The Balaban J connectivity index is 2.64. The van der Waals surface area contributed by atoms with E-state index in [-0.39, 0.29) is 0 Å². The largest absolute Gasteiger partial charge is 0.0836 e. The molecule has 2 rings (SSSR count). The fourth-order valence-electron chi connectivity index (χ4n) is 1.58. The van der Waals surface area contributed by atoms with E-state index in [1.54, 1.807) is 0 Å². The van der Waals surface area contributed by atoms with Gasteiger partial charge in [0.25, 0.3) is 0 Å². The summed E-state index contributed by atoms with van der Waals surface area (Å²) in [5.41, 5.74) is 3.03. The molecule has 2 heteroatoms. The van der Waals surface area contributed by atoms with Crippen LogP contribution in [-0.2, 0) is 0 Å². The quantitative estimate of drug-likeness (QED) is 0.656. The molecule has 0 amide bonds. The van der Waals surface area contributed by atoms with Crippen LogP contribution in [0.3, 0.4) is 0 Å². The first kappa shape index (κ1) is 10.5. The fraction of sp³-hybridized carbons (Fsp3) is 0.0769. The molecule has 0 aliphatic heterocycles. The van der Waals surface area contributed by atoms with Crippen molar-refractivity contribution in [2.75, 3.05) is 0 Å². The average molecular weight is 237 g/mol. The van der Waals surface area contributed by atoms with E-state index in [1.165, 1.54) is 0 Å². The van der Waals surface area contributed by atoms with Crippen molar-refractivity contribution in [1.29, 1.82) is 0 Å². The lowest BCUT2D eigenvalue weighted by molar-refractivity contribution is 1.47. The molecule has 0 spiro atoms. The summed E-state index contributed by atoms with van der Waals surface area (Å²) in [5, 5.41) is 1.40. The number of aryl methyl sites for hydroxylation is 1. The van der Waals surface area contributed by atoms with Gasteiger partial charge in [-0.25, -0.2) is 0 Å². The Bertz CT molecular complexity index is 452. The highest BCUT2D eigenvalue weighted by Gasteiger charge is 2.08. The van der Waals surface area contributed by atoms with E-state index in [9.17, 15) is 0 Å². The Hall–Kier alpha value is -0.980. The third kappa shape index (κ3) is 2.17. The van der Waals surface area contributed by atoms with Crippen molar-refractivity contribution in [2.45, 2.75) is 6.92 Å². The molecular formula is C13H10Cl2. The first-order valence-corrected chi connectivity index (χ1v) is 5.45. The second-order valence-corrected chi connectivity index (χ2v) is 4.28. The standard InChI is InChI=1S/C13H10Cl2/c1-9-7-11(14)13(12(15)8-9)10-5-3-2-4-6-10/h2-8H,1H3. The van der Waals surface area contributed by atoms with Crippen LogP contribution in [0.4, 0.5) is 0 Å².